The molecule has 4 aromatic rings. The molecule has 0 aliphatic carbocycles. The van der Waals surface area contributed by atoms with E-state index >= 15 is 0 Å². The molecule has 4 N–H and O–H groups in total. The summed E-state index contributed by atoms with van der Waals surface area (Å²) < 4.78 is 1.81. The highest BCUT2D eigenvalue weighted by Crippen LogP contribution is 2.26. The molecule has 0 aliphatic heterocycles. The van der Waals surface area contributed by atoms with Crippen LogP contribution in [0.4, 0.5) is 22.0 Å². The topological polar surface area (TPSA) is 99.7 Å². The van der Waals surface area contributed by atoms with E-state index in [1.165, 1.54) is 0 Å². The van der Waals surface area contributed by atoms with E-state index in [0.29, 0.717) is 5.82 Å². The summed E-state index contributed by atoms with van der Waals surface area (Å²) in [5.74, 6) is 0.714. The molecule has 29 heavy (non-hydrogen) atoms. The number of H-pyrrole nitrogens is 1. The molecular formula is C21H21N7O. The number of carbonyl (C=O) groups is 1. The first-order chi connectivity index (χ1) is 14.1. The lowest BCUT2D eigenvalue weighted by Gasteiger charge is -2.10. The van der Waals surface area contributed by atoms with Crippen molar-refractivity contribution in [2.45, 2.75) is 6.92 Å². The van der Waals surface area contributed by atoms with E-state index in [1.807, 2.05) is 72.4 Å². The normalized spacial score (nSPS) is 10.6. The standard InChI is InChI=1S/C21H21N7O/c1-14-12-16(24-21(29)22-2)6-9-18(14)25-20-13-19(26-27-20)15-4-7-17(8-5-15)28-11-3-10-23-28/h3-13H,1-2H3,(H2,22,24,29)(H2,25,26,27). The number of nitrogens with one attached hydrogen (secondary N) is 4. The number of urea groups is 1. The summed E-state index contributed by atoms with van der Waals surface area (Å²) in [7, 11) is 1.58. The average molecular weight is 387 g/mol. The summed E-state index contributed by atoms with van der Waals surface area (Å²) in [6, 6.07) is 17.3. The highest BCUT2D eigenvalue weighted by molar-refractivity contribution is 5.89. The zero-order valence-corrected chi connectivity index (χ0v) is 16.1. The average Bonchev–Trinajstić information content (AvgIpc) is 3.42. The number of aromatic nitrogens is 4. The molecule has 0 bridgehead atoms. The van der Waals surface area contributed by atoms with Crippen LogP contribution in [0.25, 0.3) is 16.9 Å². The van der Waals surface area contributed by atoms with Crippen molar-refractivity contribution >= 4 is 23.2 Å². The fourth-order valence-corrected chi connectivity index (χ4v) is 2.96. The van der Waals surface area contributed by atoms with Crippen LogP contribution in [0.2, 0.25) is 0 Å². The van der Waals surface area contributed by atoms with E-state index in [4.69, 9.17) is 0 Å². The number of aromatic amines is 1. The highest BCUT2D eigenvalue weighted by atomic mass is 16.2. The number of benzene rings is 2. The fourth-order valence-electron chi connectivity index (χ4n) is 2.96. The third kappa shape index (κ3) is 4.11. The second-order valence-corrected chi connectivity index (χ2v) is 6.52. The predicted molar refractivity (Wildman–Crippen MR) is 114 cm³/mol. The van der Waals surface area contributed by atoms with Crippen LogP contribution < -0.4 is 16.0 Å². The van der Waals surface area contributed by atoms with Crippen LogP contribution in [-0.4, -0.2) is 33.1 Å². The summed E-state index contributed by atoms with van der Waals surface area (Å²) in [6.07, 6.45) is 3.66. The zero-order valence-electron chi connectivity index (χ0n) is 16.1. The largest absolute Gasteiger partial charge is 0.341 e. The van der Waals surface area contributed by atoms with Crippen LogP contribution >= 0.6 is 0 Å². The third-order valence-electron chi connectivity index (χ3n) is 4.50. The van der Waals surface area contributed by atoms with Crippen LogP contribution in [0.3, 0.4) is 0 Å². The summed E-state index contributed by atoms with van der Waals surface area (Å²) in [5.41, 5.74) is 5.58. The summed E-state index contributed by atoms with van der Waals surface area (Å²) >= 11 is 0. The number of aryl methyl sites for hydroxylation is 1. The lowest BCUT2D eigenvalue weighted by molar-refractivity contribution is 0.254. The Morgan fingerprint density at radius 3 is 2.62 bits per heavy atom. The second kappa shape index (κ2) is 7.89. The summed E-state index contributed by atoms with van der Waals surface area (Å²) in [6.45, 7) is 1.97. The van der Waals surface area contributed by atoms with Crippen LogP contribution in [0.15, 0.2) is 67.0 Å². The molecule has 0 radical (unpaired) electrons. The van der Waals surface area contributed by atoms with Gasteiger partial charge in [-0.1, -0.05) is 12.1 Å². The van der Waals surface area contributed by atoms with Gasteiger partial charge in [-0.3, -0.25) is 5.10 Å². The molecule has 0 atom stereocenters. The predicted octanol–water partition coefficient (Wildman–Crippen LogP) is 4.07. The number of hydrogen-bond acceptors (Lipinski definition) is 4. The summed E-state index contributed by atoms with van der Waals surface area (Å²) in [4.78, 5) is 11.4. The van der Waals surface area contributed by atoms with E-state index in [-0.39, 0.29) is 6.03 Å². The first kappa shape index (κ1) is 18.3. The van der Waals surface area contributed by atoms with Gasteiger partial charge in [-0.25, -0.2) is 9.48 Å². The Hall–Kier alpha value is -4.07. The van der Waals surface area contributed by atoms with Crippen molar-refractivity contribution in [3.8, 4) is 16.9 Å². The fraction of sp³-hybridized carbons (Fsp3) is 0.0952. The Balaban J connectivity index is 1.47. The van der Waals surface area contributed by atoms with Gasteiger partial charge in [0.2, 0.25) is 0 Å². The molecule has 146 valence electrons. The van der Waals surface area contributed by atoms with E-state index < -0.39 is 0 Å². The minimum Gasteiger partial charge on any atom is -0.341 e. The number of nitrogens with zero attached hydrogens (tertiary/aromatic N) is 3. The van der Waals surface area contributed by atoms with Crippen LogP contribution in [0.5, 0.6) is 0 Å². The van der Waals surface area contributed by atoms with Gasteiger partial charge in [0, 0.05) is 36.9 Å². The second-order valence-electron chi connectivity index (χ2n) is 6.52. The van der Waals surface area contributed by atoms with Crippen LogP contribution in [-0.2, 0) is 0 Å². The number of anilines is 3. The van der Waals surface area contributed by atoms with Gasteiger partial charge in [-0.15, -0.1) is 0 Å². The number of rotatable bonds is 5. The maximum absolute atomic E-state index is 11.4. The van der Waals surface area contributed by atoms with E-state index in [2.05, 4.69) is 31.2 Å². The molecule has 0 unspecified atom stereocenters. The Bertz CT molecular complexity index is 1110. The molecule has 0 fully saturated rings. The Kier molecular flexibility index (Phi) is 4.98. The van der Waals surface area contributed by atoms with Crippen LogP contribution in [0, 0.1) is 6.92 Å². The molecule has 0 aliphatic rings. The van der Waals surface area contributed by atoms with Gasteiger partial charge < -0.3 is 16.0 Å². The molecule has 0 saturated carbocycles. The van der Waals surface area contributed by atoms with Crippen LogP contribution in [0.1, 0.15) is 5.56 Å². The van der Waals surface area contributed by atoms with Crippen molar-refractivity contribution in [3.05, 3.63) is 72.6 Å². The van der Waals surface area contributed by atoms with Crippen molar-refractivity contribution in [1.29, 1.82) is 0 Å². The van der Waals surface area contributed by atoms with Crippen molar-refractivity contribution in [1.82, 2.24) is 25.3 Å². The molecule has 4 rings (SSSR count). The van der Waals surface area contributed by atoms with Gasteiger partial charge in [-0.05, 0) is 54.4 Å². The minimum absolute atomic E-state index is 0.249. The van der Waals surface area contributed by atoms with Gasteiger partial charge in [-0.2, -0.15) is 10.2 Å². The molecule has 2 amide bonds. The zero-order chi connectivity index (χ0) is 20.2. The van der Waals surface area contributed by atoms with Gasteiger partial charge in [0.05, 0.1) is 11.4 Å². The SMILES string of the molecule is CNC(=O)Nc1ccc(Nc2cc(-c3ccc(-n4cccn4)cc3)[nH]n2)c(C)c1. The molecular weight excluding hydrogens is 366 g/mol. The molecule has 0 saturated heterocycles. The molecule has 8 heteroatoms. The lowest BCUT2D eigenvalue weighted by Crippen LogP contribution is -2.24. The molecule has 2 aromatic heterocycles. The Morgan fingerprint density at radius 1 is 1.10 bits per heavy atom. The van der Waals surface area contributed by atoms with E-state index in [9.17, 15) is 4.79 Å². The smallest absolute Gasteiger partial charge is 0.318 e. The quantitative estimate of drug-likeness (QED) is 0.415. The maximum Gasteiger partial charge on any atom is 0.318 e. The molecule has 2 heterocycles. The van der Waals surface area contributed by atoms with Gasteiger partial charge in [0.1, 0.15) is 0 Å². The van der Waals surface area contributed by atoms with Crippen molar-refractivity contribution in [3.63, 3.8) is 0 Å². The number of carbonyl (C=O) groups excluding carboxylic acids is 1. The highest BCUT2D eigenvalue weighted by Gasteiger charge is 2.07. The molecule has 0 spiro atoms. The van der Waals surface area contributed by atoms with Crippen molar-refractivity contribution < 1.29 is 4.79 Å². The maximum atomic E-state index is 11.4. The monoisotopic (exact) mass is 387 g/mol. The lowest BCUT2D eigenvalue weighted by atomic mass is 10.1. The first-order valence-electron chi connectivity index (χ1n) is 9.14. The molecule has 8 nitrogen and oxygen atoms in total. The van der Waals surface area contributed by atoms with Gasteiger partial charge in [0.15, 0.2) is 5.82 Å². The third-order valence-corrected chi connectivity index (χ3v) is 4.50. The molecule has 2 aromatic carbocycles. The van der Waals surface area contributed by atoms with E-state index in [1.54, 1.807) is 13.2 Å². The first-order valence-corrected chi connectivity index (χ1v) is 9.14. The number of amides is 2. The summed E-state index contributed by atoms with van der Waals surface area (Å²) in [5, 5.41) is 20.2. The Morgan fingerprint density at radius 2 is 1.93 bits per heavy atom. The van der Waals surface area contributed by atoms with Crippen molar-refractivity contribution in [2.75, 3.05) is 17.7 Å². The minimum atomic E-state index is -0.249. The van der Waals surface area contributed by atoms with Gasteiger partial charge >= 0.3 is 6.03 Å². The number of hydrogen-bond donors (Lipinski definition) is 4. The van der Waals surface area contributed by atoms with Gasteiger partial charge in [0.25, 0.3) is 0 Å². The van der Waals surface area contributed by atoms with E-state index in [0.717, 1.165) is 33.9 Å². The van der Waals surface area contributed by atoms with Crippen molar-refractivity contribution in [2.24, 2.45) is 0 Å². The Labute approximate surface area is 168 Å².